The number of halogens is 1. The highest BCUT2D eigenvalue weighted by atomic mass is 79.9. The second kappa shape index (κ2) is 7.37. The predicted octanol–water partition coefficient (Wildman–Crippen LogP) is 2.81. The molecule has 0 atom stereocenters. The van der Waals surface area contributed by atoms with E-state index in [0.29, 0.717) is 39.4 Å². The first kappa shape index (κ1) is 17.6. The molecule has 130 valence electrons. The predicted molar refractivity (Wildman–Crippen MR) is 101 cm³/mol. The number of aryl methyl sites for hydroxylation is 1. The van der Waals surface area contributed by atoms with Gasteiger partial charge < -0.3 is 10.1 Å². The van der Waals surface area contributed by atoms with Crippen molar-refractivity contribution in [3.05, 3.63) is 61.4 Å². The van der Waals surface area contributed by atoms with Crippen LogP contribution < -0.4 is 15.6 Å². The summed E-state index contributed by atoms with van der Waals surface area (Å²) in [5.41, 5.74) is 1.95. The number of carbonyl (C=O) groups is 1. The zero-order valence-corrected chi connectivity index (χ0v) is 16.1. The van der Waals surface area contributed by atoms with E-state index in [2.05, 4.69) is 26.2 Å². The molecule has 3 rings (SSSR count). The Hall–Kier alpha value is -2.19. The molecule has 0 aliphatic rings. The lowest BCUT2D eigenvalue weighted by Gasteiger charge is -2.08. The summed E-state index contributed by atoms with van der Waals surface area (Å²) < 4.78 is 7.44. The molecule has 0 bridgehead atoms. The van der Waals surface area contributed by atoms with Crippen LogP contribution in [-0.4, -0.2) is 28.9 Å². The van der Waals surface area contributed by atoms with Crippen molar-refractivity contribution in [1.82, 2.24) is 14.7 Å². The molecular weight excluding hydrogens is 406 g/mol. The highest BCUT2D eigenvalue weighted by Gasteiger charge is 2.12. The number of nitrogens with zero attached hydrogens (tertiary/aromatic N) is 2. The highest BCUT2D eigenvalue weighted by molar-refractivity contribution is 9.10. The maximum absolute atomic E-state index is 12.4. The minimum atomic E-state index is -0.202. The van der Waals surface area contributed by atoms with Gasteiger partial charge in [-0.2, -0.15) is 0 Å². The van der Waals surface area contributed by atoms with Crippen LogP contribution in [-0.2, 0) is 6.42 Å². The molecule has 3 aromatic rings. The number of methoxy groups -OCH3 is 1. The van der Waals surface area contributed by atoms with E-state index in [-0.39, 0.29) is 11.5 Å². The van der Waals surface area contributed by atoms with Crippen molar-refractivity contribution >= 4 is 38.1 Å². The van der Waals surface area contributed by atoms with Crippen LogP contribution in [0.25, 0.3) is 4.96 Å². The van der Waals surface area contributed by atoms with Gasteiger partial charge in [0.2, 0.25) is 0 Å². The number of benzene rings is 1. The molecule has 0 spiro atoms. The Labute approximate surface area is 156 Å². The Morgan fingerprint density at radius 2 is 2.20 bits per heavy atom. The van der Waals surface area contributed by atoms with Gasteiger partial charge in [-0.3, -0.25) is 14.0 Å². The van der Waals surface area contributed by atoms with Crippen LogP contribution in [0.3, 0.4) is 0 Å². The molecule has 0 unspecified atom stereocenters. The zero-order valence-electron chi connectivity index (χ0n) is 13.7. The van der Waals surface area contributed by atoms with Gasteiger partial charge in [-0.1, -0.05) is 0 Å². The van der Waals surface area contributed by atoms with Crippen LogP contribution in [0, 0.1) is 6.92 Å². The summed E-state index contributed by atoms with van der Waals surface area (Å²) in [6, 6.07) is 6.74. The number of carbonyl (C=O) groups excluding carboxylic acids is 1. The van der Waals surface area contributed by atoms with Crippen molar-refractivity contribution in [3.8, 4) is 5.75 Å². The zero-order chi connectivity index (χ0) is 18.0. The average Bonchev–Trinajstić information content (AvgIpc) is 2.98. The molecule has 0 aliphatic heterocycles. The molecule has 0 radical (unpaired) electrons. The van der Waals surface area contributed by atoms with E-state index in [0.717, 1.165) is 5.69 Å². The third kappa shape index (κ3) is 3.74. The summed E-state index contributed by atoms with van der Waals surface area (Å²) in [7, 11) is 1.56. The standard InChI is InChI=1S/C17H16BrN3O3S/c1-10-7-15(22)21-11(9-25-17(21)20-10)5-6-19-16(23)13-8-12(24-2)3-4-14(13)18/h3-4,7-9H,5-6H2,1-2H3,(H,19,23). The molecule has 8 heteroatoms. The van der Waals surface area contributed by atoms with Gasteiger partial charge in [0.15, 0.2) is 4.96 Å². The van der Waals surface area contributed by atoms with Gasteiger partial charge in [-0.15, -0.1) is 11.3 Å². The molecule has 0 fully saturated rings. The van der Waals surface area contributed by atoms with E-state index in [4.69, 9.17) is 4.74 Å². The lowest BCUT2D eigenvalue weighted by Crippen LogP contribution is -2.27. The van der Waals surface area contributed by atoms with Crippen molar-refractivity contribution < 1.29 is 9.53 Å². The van der Waals surface area contributed by atoms with Crippen LogP contribution in [0.1, 0.15) is 21.7 Å². The van der Waals surface area contributed by atoms with Crippen molar-refractivity contribution in [1.29, 1.82) is 0 Å². The lowest BCUT2D eigenvalue weighted by molar-refractivity contribution is 0.0953. The largest absolute Gasteiger partial charge is 0.497 e. The van der Waals surface area contributed by atoms with Gasteiger partial charge in [0.1, 0.15) is 5.75 Å². The first-order chi connectivity index (χ1) is 12.0. The molecule has 1 amide bonds. The highest BCUT2D eigenvalue weighted by Crippen LogP contribution is 2.22. The number of hydrogen-bond donors (Lipinski definition) is 1. The topological polar surface area (TPSA) is 72.7 Å². The first-order valence-corrected chi connectivity index (χ1v) is 9.25. The fourth-order valence-electron chi connectivity index (χ4n) is 2.46. The Bertz CT molecular complexity index is 996. The number of aromatic nitrogens is 2. The normalized spacial score (nSPS) is 10.8. The van der Waals surface area contributed by atoms with Crippen molar-refractivity contribution in [2.24, 2.45) is 0 Å². The number of amides is 1. The average molecular weight is 422 g/mol. The van der Waals surface area contributed by atoms with Gasteiger partial charge in [0.05, 0.1) is 12.7 Å². The fraction of sp³-hybridized carbons (Fsp3) is 0.235. The van der Waals surface area contributed by atoms with E-state index in [1.54, 1.807) is 36.6 Å². The quantitative estimate of drug-likeness (QED) is 0.687. The van der Waals surface area contributed by atoms with Crippen LogP contribution in [0.5, 0.6) is 5.75 Å². The molecule has 1 N–H and O–H groups in total. The van der Waals surface area contributed by atoms with Gasteiger partial charge in [-0.05, 0) is 41.1 Å². The monoisotopic (exact) mass is 421 g/mol. The number of rotatable bonds is 5. The van der Waals surface area contributed by atoms with Gasteiger partial charge in [0, 0.05) is 40.3 Å². The number of hydrogen-bond acceptors (Lipinski definition) is 5. The summed E-state index contributed by atoms with van der Waals surface area (Å²) in [5, 5.41) is 4.77. The molecule has 2 heterocycles. The fourth-order valence-corrected chi connectivity index (χ4v) is 3.86. The summed E-state index contributed by atoms with van der Waals surface area (Å²) in [4.78, 5) is 29.5. The Morgan fingerprint density at radius 1 is 1.40 bits per heavy atom. The third-order valence-electron chi connectivity index (χ3n) is 3.69. The van der Waals surface area contributed by atoms with Crippen molar-refractivity contribution in [2.75, 3.05) is 13.7 Å². The van der Waals surface area contributed by atoms with E-state index in [1.165, 1.54) is 17.4 Å². The summed E-state index contributed by atoms with van der Waals surface area (Å²) in [6.45, 7) is 2.21. The van der Waals surface area contributed by atoms with Gasteiger partial charge in [0.25, 0.3) is 11.5 Å². The molecule has 0 aliphatic carbocycles. The second-order valence-electron chi connectivity index (χ2n) is 5.43. The number of ether oxygens (including phenoxy) is 1. The van der Waals surface area contributed by atoms with Crippen LogP contribution >= 0.6 is 27.3 Å². The molecule has 0 saturated heterocycles. The molecular formula is C17H16BrN3O3S. The van der Waals surface area contributed by atoms with Crippen LogP contribution in [0.15, 0.2) is 38.9 Å². The Morgan fingerprint density at radius 3 is 2.96 bits per heavy atom. The van der Waals surface area contributed by atoms with Crippen LogP contribution in [0.2, 0.25) is 0 Å². The van der Waals surface area contributed by atoms with Crippen molar-refractivity contribution in [2.45, 2.75) is 13.3 Å². The molecule has 1 aromatic carbocycles. The van der Waals surface area contributed by atoms with Gasteiger partial charge in [-0.25, -0.2) is 4.98 Å². The summed E-state index contributed by atoms with van der Waals surface area (Å²) in [6.07, 6.45) is 0.540. The summed E-state index contributed by atoms with van der Waals surface area (Å²) in [5.74, 6) is 0.414. The van der Waals surface area contributed by atoms with E-state index < -0.39 is 0 Å². The second-order valence-corrected chi connectivity index (χ2v) is 7.12. The maximum Gasteiger partial charge on any atom is 0.258 e. The molecule has 2 aromatic heterocycles. The molecule has 25 heavy (non-hydrogen) atoms. The maximum atomic E-state index is 12.4. The first-order valence-electron chi connectivity index (χ1n) is 7.58. The minimum Gasteiger partial charge on any atom is -0.497 e. The number of thiazole rings is 1. The summed E-state index contributed by atoms with van der Waals surface area (Å²) >= 11 is 4.79. The Kier molecular flexibility index (Phi) is 5.19. The number of fused-ring (bicyclic) bond motifs is 1. The van der Waals surface area contributed by atoms with Gasteiger partial charge >= 0.3 is 0 Å². The Balaban J connectivity index is 1.71. The number of nitrogens with one attached hydrogen (secondary N) is 1. The van der Waals surface area contributed by atoms with Crippen LogP contribution in [0.4, 0.5) is 0 Å². The molecule has 0 saturated carbocycles. The third-order valence-corrected chi connectivity index (χ3v) is 5.25. The van der Waals surface area contributed by atoms with Crippen molar-refractivity contribution in [3.63, 3.8) is 0 Å². The van der Waals surface area contributed by atoms with E-state index in [9.17, 15) is 9.59 Å². The van der Waals surface area contributed by atoms with E-state index >= 15 is 0 Å². The smallest absolute Gasteiger partial charge is 0.258 e. The lowest BCUT2D eigenvalue weighted by atomic mass is 10.2. The minimum absolute atomic E-state index is 0.0967. The van der Waals surface area contributed by atoms with E-state index in [1.807, 2.05) is 5.38 Å². The molecule has 6 nitrogen and oxygen atoms in total. The SMILES string of the molecule is COc1ccc(Br)c(C(=O)NCCc2csc3nc(C)cc(=O)n23)c1.